The van der Waals surface area contributed by atoms with Crippen molar-refractivity contribution >= 4 is 34.0 Å². The third-order valence-corrected chi connectivity index (χ3v) is 8.89. The molecule has 1 aliphatic rings. The number of carbonyl (C=O) groups is 1. The fourth-order valence-corrected chi connectivity index (χ4v) is 6.36. The molecule has 4 rings (SSSR count). The van der Waals surface area contributed by atoms with E-state index in [1.807, 2.05) is 10.6 Å². The van der Waals surface area contributed by atoms with Crippen LogP contribution in [-0.2, 0) is 24.2 Å². The molecule has 9 heteroatoms. The minimum absolute atomic E-state index is 0.159. The number of nitrogens with one attached hydrogen (secondary N) is 1. The topological polar surface area (TPSA) is 96.7 Å². The molecule has 0 fully saturated rings. The highest BCUT2D eigenvalue weighted by molar-refractivity contribution is 7.99. The van der Waals surface area contributed by atoms with Crippen LogP contribution in [0.2, 0.25) is 0 Å². The van der Waals surface area contributed by atoms with Gasteiger partial charge in [0.1, 0.15) is 11.1 Å². The molecule has 0 aliphatic heterocycles. The lowest BCUT2D eigenvalue weighted by molar-refractivity contribution is -0.113. The van der Waals surface area contributed by atoms with Gasteiger partial charge in [-0.2, -0.15) is 5.26 Å². The highest BCUT2D eigenvalue weighted by Gasteiger charge is 2.34. The maximum atomic E-state index is 12.8. The second kappa shape index (κ2) is 10.2. The summed E-state index contributed by atoms with van der Waals surface area (Å²) in [5, 5.41) is 22.5. The van der Waals surface area contributed by atoms with Gasteiger partial charge >= 0.3 is 0 Å². The minimum Gasteiger partial charge on any atom is -0.461 e. The zero-order valence-electron chi connectivity index (χ0n) is 19.8. The minimum atomic E-state index is -0.168. The summed E-state index contributed by atoms with van der Waals surface area (Å²) >= 11 is 2.86. The van der Waals surface area contributed by atoms with Gasteiger partial charge in [0.25, 0.3) is 0 Å². The van der Waals surface area contributed by atoms with Gasteiger partial charge in [0.05, 0.1) is 17.6 Å². The molecule has 0 saturated carbocycles. The molecule has 3 aromatic rings. The highest BCUT2D eigenvalue weighted by Crippen LogP contribution is 2.45. The van der Waals surface area contributed by atoms with E-state index in [0.29, 0.717) is 39.8 Å². The SMILES string of the molecule is C=CCn1c(SCC(=O)Nc2sc3c(c2C#N)CCC(C(C)(C)CC)C3)nnc1-c1ccco1. The molecule has 0 spiro atoms. The molecule has 7 nitrogen and oxygen atoms in total. The van der Waals surface area contributed by atoms with Crippen LogP contribution in [0.25, 0.3) is 11.6 Å². The van der Waals surface area contributed by atoms with Crippen molar-refractivity contribution in [3.05, 3.63) is 47.1 Å². The number of thioether (sulfide) groups is 1. The standard InChI is InChI=1S/C25H29N5O2S2/c1-5-11-30-22(19-8-7-12-32-19)28-29-24(30)33-15-21(31)27-23-18(14-26)17-10-9-16(13-20(17)34-23)25(3,4)6-2/h5,7-8,12,16H,1,6,9-11,13,15H2,2-4H3,(H,27,31). The van der Waals surface area contributed by atoms with E-state index in [4.69, 9.17) is 4.42 Å². The van der Waals surface area contributed by atoms with Crippen molar-refractivity contribution in [1.82, 2.24) is 14.8 Å². The van der Waals surface area contributed by atoms with Crippen LogP contribution in [0.5, 0.6) is 0 Å². The Morgan fingerprint density at radius 1 is 1.50 bits per heavy atom. The third-order valence-electron chi connectivity index (χ3n) is 6.75. The van der Waals surface area contributed by atoms with Crippen molar-refractivity contribution in [2.75, 3.05) is 11.1 Å². The summed E-state index contributed by atoms with van der Waals surface area (Å²) in [7, 11) is 0. The number of amides is 1. The summed E-state index contributed by atoms with van der Waals surface area (Å²) in [5.41, 5.74) is 2.01. The number of anilines is 1. The van der Waals surface area contributed by atoms with Gasteiger partial charge in [0, 0.05) is 11.4 Å². The predicted molar refractivity (Wildman–Crippen MR) is 136 cm³/mol. The number of thiophene rings is 1. The molecule has 0 aromatic carbocycles. The van der Waals surface area contributed by atoms with Gasteiger partial charge < -0.3 is 9.73 Å². The number of allylic oxidation sites excluding steroid dienone is 1. The smallest absolute Gasteiger partial charge is 0.235 e. The molecule has 1 N–H and O–H groups in total. The van der Waals surface area contributed by atoms with E-state index in [1.165, 1.54) is 16.6 Å². The van der Waals surface area contributed by atoms with Gasteiger partial charge in [-0.05, 0) is 48.3 Å². The fraction of sp³-hybridized carbons (Fsp3) is 0.440. The lowest BCUT2D eigenvalue weighted by atomic mass is 9.69. The van der Waals surface area contributed by atoms with Gasteiger partial charge in [0.15, 0.2) is 10.9 Å². The van der Waals surface area contributed by atoms with Crippen LogP contribution >= 0.6 is 23.1 Å². The molecule has 0 saturated heterocycles. The number of carbonyl (C=O) groups excluding carboxylic acids is 1. The fourth-order valence-electron chi connectivity index (χ4n) is 4.32. The Balaban J connectivity index is 1.46. The van der Waals surface area contributed by atoms with Gasteiger partial charge in [-0.3, -0.25) is 9.36 Å². The number of nitriles is 1. The van der Waals surface area contributed by atoms with Crippen LogP contribution < -0.4 is 5.32 Å². The Hall–Kier alpha value is -2.83. The zero-order chi connectivity index (χ0) is 24.3. The number of aromatic nitrogens is 3. The molecule has 1 atom stereocenters. The Bertz CT molecular complexity index is 1220. The van der Waals surface area contributed by atoms with Crippen molar-refractivity contribution in [3.8, 4) is 17.7 Å². The van der Waals surface area contributed by atoms with Gasteiger partial charge in [0.2, 0.25) is 11.7 Å². The maximum Gasteiger partial charge on any atom is 0.235 e. The molecule has 178 valence electrons. The van der Waals surface area contributed by atoms with Crippen LogP contribution in [0.1, 0.15) is 49.6 Å². The quantitative estimate of drug-likeness (QED) is 0.292. The van der Waals surface area contributed by atoms with Crippen LogP contribution in [-0.4, -0.2) is 26.4 Å². The maximum absolute atomic E-state index is 12.8. The van der Waals surface area contributed by atoms with Crippen LogP contribution in [0, 0.1) is 22.7 Å². The van der Waals surface area contributed by atoms with Crippen LogP contribution in [0.15, 0.2) is 40.6 Å². The van der Waals surface area contributed by atoms with Gasteiger partial charge in [-0.15, -0.1) is 28.1 Å². The number of furan rings is 1. The van der Waals surface area contributed by atoms with Crippen LogP contribution in [0.4, 0.5) is 5.00 Å². The summed E-state index contributed by atoms with van der Waals surface area (Å²) in [6.45, 7) is 11.2. The highest BCUT2D eigenvalue weighted by atomic mass is 32.2. The van der Waals surface area contributed by atoms with E-state index in [9.17, 15) is 10.1 Å². The van der Waals surface area contributed by atoms with E-state index in [2.05, 4.69) is 48.9 Å². The largest absolute Gasteiger partial charge is 0.461 e. The van der Waals surface area contributed by atoms with E-state index in [1.54, 1.807) is 29.7 Å². The Labute approximate surface area is 208 Å². The number of hydrogen-bond acceptors (Lipinski definition) is 7. The molecule has 1 amide bonds. The summed E-state index contributed by atoms with van der Waals surface area (Å²) < 4.78 is 7.32. The summed E-state index contributed by atoms with van der Waals surface area (Å²) in [4.78, 5) is 14.1. The second-order valence-electron chi connectivity index (χ2n) is 9.12. The zero-order valence-corrected chi connectivity index (χ0v) is 21.4. The monoisotopic (exact) mass is 495 g/mol. The first-order valence-corrected chi connectivity index (χ1v) is 13.2. The average molecular weight is 496 g/mol. The molecular weight excluding hydrogens is 466 g/mol. The van der Waals surface area contributed by atoms with Crippen LogP contribution in [0.3, 0.4) is 0 Å². The third kappa shape index (κ3) is 4.84. The van der Waals surface area contributed by atoms with Crippen molar-refractivity contribution < 1.29 is 9.21 Å². The summed E-state index contributed by atoms with van der Waals surface area (Å²) in [6.07, 6.45) is 7.42. The lowest BCUT2D eigenvalue weighted by Gasteiger charge is -2.36. The predicted octanol–water partition coefficient (Wildman–Crippen LogP) is 5.93. The van der Waals surface area contributed by atoms with Crippen molar-refractivity contribution in [2.24, 2.45) is 11.3 Å². The molecule has 0 bridgehead atoms. The molecule has 3 aromatic heterocycles. The molecule has 0 radical (unpaired) electrons. The molecular formula is C25H29N5O2S2. The average Bonchev–Trinajstić information content (AvgIpc) is 3.56. The summed E-state index contributed by atoms with van der Waals surface area (Å²) in [5.74, 6) is 1.78. The number of hydrogen-bond donors (Lipinski definition) is 1. The first-order chi connectivity index (χ1) is 16.4. The normalized spacial score (nSPS) is 15.5. The summed E-state index contributed by atoms with van der Waals surface area (Å²) in [6, 6.07) is 5.95. The second-order valence-corrected chi connectivity index (χ2v) is 11.2. The van der Waals surface area contributed by atoms with Crippen molar-refractivity contribution in [3.63, 3.8) is 0 Å². The molecule has 3 heterocycles. The van der Waals surface area contributed by atoms with E-state index < -0.39 is 0 Å². The molecule has 34 heavy (non-hydrogen) atoms. The number of nitrogens with zero attached hydrogens (tertiary/aromatic N) is 4. The number of fused-ring (bicyclic) bond motifs is 1. The first kappa shape index (κ1) is 24.3. The Kier molecular flexibility index (Phi) is 7.29. The van der Waals surface area contributed by atoms with Crippen molar-refractivity contribution in [1.29, 1.82) is 5.26 Å². The number of rotatable bonds is 9. The first-order valence-electron chi connectivity index (χ1n) is 11.4. The van der Waals surface area contributed by atoms with E-state index in [-0.39, 0.29) is 17.1 Å². The van der Waals surface area contributed by atoms with Gasteiger partial charge in [-0.1, -0.05) is 45.0 Å². The lowest BCUT2D eigenvalue weighted by Crippen LogP contribution is -2.28. The van der Waals surface area contributed by atoms with Gasteiger partial charge in [-0.25, -0.2) is 0 Å². The Morgan fingerprint density at radius 3 is 3.00 bits per heavy atom. The van der Waals surface area contributed by atoms with E-state index >= 15 is 0 Å². The van der Waals surface area contributed by atoms with Crippen molar-refractivity contribution in [2.45, 2.75) is 58.2 Å². The molecule has 1 aliphatic carbocycles. The molecule has 1 unspecified atom stereocenters. The van der Waals surface area contributed by atoms with E-state index in [0.717, 1.165) is 31.2 Å². The Morgan fingerprint density at radius 2 is 2.32 bits per heavy atom.